The lowest BCUT2D eigenvalue weighted by Crippen LogP contribution is -2.51. The fourth-order valence-electron chi connectivity index (χ4n) is 4.58. The Morgan fingerprint density at radius 1 is 1.03 bits per heavy atom. The van der Waals surface area contributed by atoms with E-state index in [2.05, 4.69) is 14.9 Å². The molecular formula is C24H22N6O2S. The van der Waals surface area contributed by atoms with Crippen molar-refractivity contribution in [1.82, 2.24) is 19.9 Å². The lowest BCUT2D eigenvalue weighted by molar-refractivity contribution is -0.131. The molecule has 0 aliphatic carbocycles. The fourth-order valence-corrected chi connectivity index (χ4v) is 5.43. The maximum Gasteiger partial charge on any atom is 0.242 e. The van der Waals surface area contributed by atoms with Gasteiger partial charge in [-0.3, -0.25) is 9.59 Å². The fraction of sp³-hybridized carbons (Fsp3) is 0.250. The molecule has 166 valence electrons. The van der Waals surface area contributed by atoms with Crippen LogP contribution in [0.5, 0.6) is 0 Å². The lowest BCUT2D eigenvalue weighted by Gasteiger charge is -2.36. The molecule has 2 aromatic heterocycles. The van der Waals surface area contributed by atoms with Crippen molar-refractivity contribution < 1.29 is 9.59 Å². The monoisotopic (exact) mass is 458 g/mol. The van der Waals surface area contributed by atoms with E-state index in [4.69, 9.17) is 4.98 Å². The lowest BCUT2D eigenvalue weighted by atomic mass is 10.2. The molecule has 0 bridgehead atoms. The Morgan fingerprint density at radius 3 is 2.67 bits per heavy atom. The SMILES string of the molecule is O=C(CN1C(=O)Cc2ccccc21)N1CCN(c2scnc2-c2nc3ccccc3[nH]2)CC1. The molecule has 1 fully saturated rings. The second-order valence-electron chi connectivity index (χ2n) is 8.26. The van der Waals surface area contributed by atoms with Gasteiger partial charge in [0.15, 0.2) is 5.82 Å². The molecule has 33 heavy (non-hydrogen) atoms. The predicted octanol–water partition coefficient (Wildman–Crippen LogP) is 2.92. The second kappa shape index (κ2) is 8.00. The summed E-state index contributed by atoms with van der Waals surface area (Å²) in [6.07, 6.45) is 0.368. The molecule has 4 heterocycles. The van der Waals surface area contributed by atoms with Crippen molar-refractivity contribution in [2.45, 2.75) is 6.42 Å². The number of amides is 2. The normalized spacial score (nSPS) is 16.0. The number of thiazole rings is 1. The van der Waals surface area contributed by atoms with Crippen LogP contribution in [0.4, 0.5) is 10.7 Å². The van der Waals surface area contributed by atoms with E-state index in [1.807, 2.05) is 58.9 Å². The summed E-state index contributed by atoms with van der Waals surface area (Å²) in [5.74, 6) is 0.738. The number of piperazine rings is 1. The van der Waals surface area contributed by atoms with E-state index in [9.17, 15) is 9.59 Å². The first-order chi connectivity index (χ1) is 16.2. The highest BCUT2D eigenvalue weighted by Crippen LogP contribution is 2.34. The molecule has 4 aromatic rings. The Bertz CT molecular complexity index is 1320. The van der Waals surface area contributed by atoms with E-state index >= 15 is 0 Å². The zero-order chi connectivity index (χ0) is 22.4. The number of nitrogens with one attached hydrogen (secondary N) is 1. The molecule has 2 amide bonds. The van der Waals surface area contributed by atoms with Crippen LogP contribution in [-0.4, -0.2) is 64.4 Å². The van der Waals surface area contributed by atoms with Crippen LogP contribution in [0, 0.1) is 0 Å². The van der Waals surface area contributed by atoms with Crippen molar-refractivity contribution in [3.8, 4) is 11.5 Å². The van der Waals surface area contributed by atoms with Crippen molar-refractivity contribution in [2.75, 3.05) is 42.5 Å². The standard InChI is InChI=1S/C24H22N6O2S/c31-20-13-16-5-1-4-8-19(16)30(20)14-21(32)28-9-11-29(12-10-28)24-22(25-15-33-24)23-26-17-6-2-3-7-18(17)27-23/h1-8,15H,9-14H2,(H,26,27). The molecule has 0 spiro atoms. The van der Waals surface area contributed by atoms with E-state index in [1.165, 1.54) is 0 Å². The van der Waals surface area contributed by atoms with Gasteiger partial charge >= 0.3 is 0 Å². The van der Waals surface area contributed by atoms with Crippen LogP contribution < -0.4 is 9.80 Å². The van der Waals surface area contributed by atoms with Gasteiger partial charge < -0.3 is 19.7 Å². The molecule has 0 unspecified atom stereocenters. The molecule has 2 aliphatic heterocycles. The summed E-state index contributed by atoms with van der Waals surface area (Å²) in [7, 11) is 0. The molecule has 1 N–H and O–H groups in total. The Hall–Kier alpha value is -3.72. The predicted molar refractivity (Wildman–Crippen MR) is 128 cm³/mol. The number of para-hydroxylation sites is 3. The zero-order valence-electron chi connectivity index (χ0n) is 17.9. The number of carbonyl (C=O) groups is 2. The maximum absolute atomic E-state index is 13.0. The van der Waals surface area contributed by atoms with Gasteiger partial charge in [0, 0.05) is 31.9 Å². The number of imidazole rings is 1. The quantitative estimate of drug-likeness (QED) is 0.508. The Balaban J connectivity index is 1.13. The van der Waals surface area contributed by atoms with Crippen molar-refractivity contribution in [3.63, 3.8) is 0 Å². The van der Waals surface area contributed by atoms with Crippen LogP contribution in [0.15, 0.2) is 54.0 Å². The summed E-state index contributed by atoms with van der Waals surface area (Å²) in [5, 5.41) is 1.06. The number of benzene rings is 2. The van der Waals surface area contributed by atoms with Crippen LogP contribution in [0.2, 0.25) is 0 Å². The summed E-state index contributed by atoms with van der Waals surface area (Å²) in [4.78, 5) is 43.8. The van der Waals surface area contributed by atoms with Crippen LogP contribution in [-0.2, 0) is 16.0 Å². The highest BCUT2D eigenvalue weighted by atomic mass is 32.1. The summed E-state index contributed by atoms with van der Waals surface area (Å²) in [6.45, 7) is 2.75. The van der Waals surface area contributed by atoms with Gasteiger partial charge in [-0.05, 0) is 23.8 Å². The van der Waals surface area contributed by atoms with Crippen LogP contribution in [0.25, 0.3) is 22.6 Å². The van der Waals surface area contributed by atoms with E-state index < -0.39 is 0 Å². The molecule has 6 rings (SSSR count). The molecule has 1 saturated heterocycles. The number of hydrogen-bond acceptors (Lipinski definition) is 6. The first-order valence-corrected chi connectivity index (χ1v) is 11.8. The second-order valence-corrected chi connectivity index (χ2v) is 9.10. The molecule has 2 aromatic carbocycles. The van der Waals surface area contributed by atoms with Gasteiger partial charge in [-0.2, -0.15) is 0 Å². The molecule has 2 aliphatic rings. The van der Waals surface area contributed by atoms with Gasteiger partial charge in [-0.25, -0.2) is 9.97 Å². The van der Waals surface area contributed by atoms with Gasteiger partial charge in [0.1, 0.15) is 17.2 Å². The Morgan fingerprint density at radius 2 is 1.82 bits per heavy atom. The van der Waals surface area contributed by atoms with E-state index in [0.29, 0.717) is 32.6 Å². The Labute approximate surface area is 194 Å². The van der Waals surface area contributed by atoms with Crippen molar-refractivity contribution in [2.24, 2.45) is 0 Å². The summed E-state index contributed by atoms with van der Waals surface area (Å²) < 4.78 is 0. The average Bonchev–Trinajstić information content (AvgIpc) is 3.56. The van der Waals surface area contributed by atoms with Gasteiger partial charge in [0.2, 0.25) is 11.8 Å². The van der Waals surface area contributed by atoms with Gasteiger partial charge in [0.05, 0.1) is 23.0 Å². The third kappa shape index (κ3) is 3.54. The van der Waals surface area contributed by atoms with E-state index in [-0.39, 0.29) is 18.4 Å². The highest BCUT2D eigenvalue weighted by Gasteiger charge is 2.31. The molecule has 0 saturated carbocycles. The minimum absolute atomic E-state index is 0.0108. The highest BCUT2D eigenvalue weighted by molar-refractivity contribution is 7.14. The first kappa shape index (κ1) is 19.9. The van der Waals surface area contributed by atoms with Gasteiger partial charge in [0.25, 0.3) is 0 Å². The van der Waals surface area contributed by atoms with Gasteiger partial charge in [-0.15, -0.1) is 11.3 Å². The molecule has 8 nitrogen and oxygen atoms in total. The van der Waals surface area contributed by atoms with E-state index in [1.54, 1.807) is 16.2 Å². The minimum atomic E-state index is -0.0125. The molecular weight excluding hydrogens is 436 g/mol. The number of hydrogen-bond donors (Lipinski definition) is 1. The first-order valence-electron chi connectivity index (χ1n) is 11.0. The van der Waals surface area contributed by atoms with Crippen molar-refractivity contribution >= 4 is 44.9 Å². The molecule has 9 heteroatoms. The van der Waals surface area contributed by atoms with Crippen molar-refractivity contribution in [3.05, 3.63) is 59.6 Å². The van der Waals surface area contributed by atoms with Crippen LogP contribution >= 0.6 is 11.3 Å². The number of carbonyl (C=O) groups excluding carboxylic acids is 2. The zero-order valence-corrected chi connectivity index (χ0v) is 18.7. The number of aromatic nitrogens is 3. The third-order valence-corrected chi connectivity index (χ3v) is 7.19. The maximum atomic E-state index is 13.0. The number of nitrogens with zero attached hydrogens (tertiary/aromatic N) is 5. The smallest absolute Gasteiger partial charge is 0.242 e. The Kier molecular flexibility index (Phi) is 4.83. The van der Waals surface area contributed by atoms with Crippen molar-refractivity contribution in [1.29, 1.82) is 0 Å². The summed E-state index contributed by atoms with van der Waals surface area (Å²) >= 11 is 1.59. The van der Waals surface area contributed by atoms with E-state index in [0.717, 1.165) is 38.8 Å². The van der Waals surface area contributed by atoms with Gasteiger partial charge in [-0.1, -0.05) is 30.3 Å². The minimum Gasteiger partial charge on any atom is -0.358 e. The molecule has 0 atom stereocenters. The number of H-pyrrole nitrogens is 1. The number of anilines is 2. The largest absolute Gasteiger partial charge is 0.358 e. The third-order valence-electron chi connectivity index (χ3n) is 6.30. The summed E-state index contributed by atoms with van der Waals surface area (Å²) in [5.41, 5.74) is 6.43. The number of rotatable bonds is 4. The summed E-state index contributed by atoms with van der Waals surface area (Å²) in [6, 6.07) is 15.6. The van der Waals surface area contributed by atoms with Crippen LogP contribution in [0.1, 0.15) is 5.56 Å². The number of aromatic amines is 1. The topological polar surface area (TPSA) is 85.4 Å². The molecule has 0 radical (unpaired) electrons. The number of fused-ring (bicyclic) bond motifs is 2. The van der Waals surface area contributed by atoms with Crippen LogP contribution in [0.3, 0.4) is 0 Å². The average molecular weight is 459 g/mol.